The SMILES string of the molecule is Cc1ccc2c(c1)CN(C(=O)[C@@H]1C[C@@H]1C)CC1(CCN(C)CC1)O2. The second kappa shape index (κ2) is 5.76. The molecule has 4 nitrogen and oxygen atoms in total. The van der Waals surface area contributed by atoms with E-state index >= 15 is 0 Å². The topological polar surface area (TPSA) is 32.8 Å². The van der Waals surface area contributed by atoms with E-state index in [0.29, 0.717) is 18.4 Å². The third-order valence-electron chi connectivity index (χ3n) is 6.02. The van der Waals surface area contributed by atoms with E-state index in [-0.39, 0.29) is 11.5 Å². The molecule has 1 amide bonds. The van der Waals surface area contributed by atoms with Crippen LogP contribution < -0.4 is 4.74 Å². The number of fused-ring (bicyclic) bond motifs is 1. The van der Waals surface area contributed by atoms with Crippen LogP contribution in [0, 0.1) is 18.8 Å². The van der Waals surface area contributed by atoms with E-state index in [2.05, 4.69) is 48.9 Å². The van der Waals surface area contributed by atoms with E-state index in [9.17, 15) is 4.79 Å². The minimum atomic E-state index is -0.221. The Morgan fingerprint density at radius 2 is 2.00 bits per heavy atom. The van der Waals surface area contributed by atoms with E-state index in [0.717, 1.165) is 50.2 Å². The zero-order chi connectivity index (χ0) is 16.9. The van der Waals surface area contributed by atoms with Crippen molar-refractivity contribution in [1.29, 1.82) is 0 Å². The third kappa shape index (κ3) is 2.92. The number of carbonyl (C=O) groups excluding carboxylic acids is 1. The Morgan fingerprint density at radius 1 is 1.29 bits per heavy atom. The first-order valence-electron chi connectivity index (χ1n) is 9.22. The quantitative estimate of drug-likeness (QED) is 0.795. The van der Waals surface area contributed by atoms with Crippen LogP contribution in [0.2, 0.25) is 0 Å². The number of rotatable bonds is 1. The predicted molar refractivity (Wildman–Crippen MR) is 94.0 cm³/mol. The minimum absolute atomic E-state index is 0.221. The maximum atomic E-state index is 13.0. The van der Waals surface area contributed by atoms with E-state index in [1.54, 1.807) is 0 Å². The van der Waals surface area contributed by atoms with Gasteiger partial charge in [0.2, 0.25) is 5.91 Å². The standard InChI is InChI=1S/C20H28N2O2/c1-14-4-5-18-16(10-14)12-22(19(23)17-11-15(17)2)13-20(24-18)6-8-21(3)9-7-20/h4-5,10,15,17H,6-9,11-13H2,1-3H3/t15-,17+/m0/s1. The van der Waals surface area contributed by atoms with Crippen molar-refractivity contribution >= 4 is 5.91 Å². The molecule has 2 heterocycles. The summed E-state index contributed by atoms with van der Waals surface area (Å²) >= 11 is 0. The molecule has 1 aromatic carbocycles. The van der Waals surface area contributed by atoms with Gasteiger partial charge in [0.15, 0.2) is 0 Å². The van der Waals surface area contributed by atoms with Gasteiger partial charge < -0.3 is 14.5 Å². The molecule has 2 atom stereocenters. The number of benzene rings is 1. The van der Waals surface area contributed by atoms with Gasteiger partial charge in [0.1, 0.15) is 11.4 Å². The lowest BCUT2D eigenvalue weighted by atomic mass is 9.90. The molecule has 0 radical (unpaired) electrons. The van der Waals surface area contributed by atoms with Gasteiger partial charge in [-0.25, -0.2) is 0 Å². The van der Waals surface area contributed by atoms with E-state index < -0.39 is 0 Å². The summed E-state index contributed by atoms with van der Waals surface area (Å²) in [6.45, 7) is 7.77. The van der Waals surface area contributed by atoms with Gasteiger partial charge in [-0.3, -0.25) is 4.79 Å². The van der Waals surface area contributed by atoms with E-state index in [1.165, 1.54) is 5.56 Å². The van der Waals surface area contributed by atoms with Crippen molar-refractivity contribution in [2.75, 3.05) is 26.7 Å². The molecule has 24 heavy (non-hydrogen) atoms. The number of nitrogens with zero attached hydrogens (tertiary/aromatic N) is 2. The molecule has 0 aromatic heterocycles. The average Bonchev–Trinajstić information content (AvgIpc) is 3.30. The molecular weight excluding hydrogens is 300 g/mol. The zero-order valence-electron chi connectivity index (χ0n) is 15.0. The van der Waals surface area contributed by atoms with Gasteiger partial charge >= 0.3 is 0 Å². The fourth-order valence-electron chi connectivity index (χ4n) is 4.15. The predicted octanol–water partition coefficient (Wildman–Crippen LogP) is 2.84. The van der Waals surface area contributed by atoms with Crippen LogP contribution in [0.25, 0.3) is 0 Å². The largest absolute Gasteiger partial charge is 0.485 e. The maximum absolute atomic E-state index is 13.0. The van der Waals surface area contributed by atoms with Gasteiger partial charge in [0, 0.05) is 44.0 Å². The smallest absolute Gasteiger partial charge is 0.226 e. The normalized spacial score (nSPS) is 28.9. The molecule has 0 bridgehead atoms. The molecule has 130 valence electrons. The first kappa shape index (κ1) is 15.9. The monoisotopic (exact) mass is 328 g/mol. The van der Waals surface area contributed by atoms with E-state index in [1.807, 2.05) is 0 Å². The van der Waals surface area contributed by atoms with Gasteiger partial charge in [0.25, 0.3) is 0 Å². The lowest BCUT2D eigenvalue weighted by molar-refractivity contribution is -0.136. The molecule has 2 aliphatic heterocycles. The third-order valence-corrected chi connectivity index (χ3v) is 6.02. The number of piperidine rings is 1. The summed E-state index contributed by atoms with van der Waals surface area (Å²) in [5.41, 5.74) is 2.16. The summed E-state index contributed by atoms with van der Waals surface area (Å²) < 4.78 is 6.58. The van der Waals surface area contributed by atoms with Gasteiger partial charge in [-0.1, -0.05) is 24.6 Å². The van der Waals surface area contributed by atoms with Crippen LogP contribution in [0.15, 0.2) is 18.2 Å². The molecule has 2 fully saturated rings. The van der Waals surface area contributed by atoms with Crippen LogP contribution in [0.1, 0.15) is 37.3 Å². The van der Waals surface area contributed by atoms with Crippen LogP contribution in [0.4, 0.5) is 0 Å². The summed E-state index contributed by atoms with van der Waals surface area (Å²) in [6.07, 6.45) is 3.02. The van der Waals surface area contributed by atoms with Gasteiger partial charge in [-0.05, 0) is 32.4 Å². The lowest BCUT2D eigenvalue weighted by Crippen LogP contribution is -2.53. The number of aryl methyl sites for hydroxylation is 1. The highest BCUT2D eigenvalue weighted by atomic mass is 16.5. The number of amides is 1. The van der Waals surface area contributed by atoms with Gasteiger partial charge in [-0.2, -0.15) is 0 Å². The molecule has 4 heteroatoms. The summed E-state index contributed by atoms with van der Waals surface area (Å²) in [7, 11) is 2.16. The highest BCUT2D eigenvalue weighted by Gasteiger charge is 2.46. The highest BCUT2D eigenvalue weighted by Crippen LogP contribution is 2.42. The Labute approximate surface area is 144 Å². The molecule has 1 aliphatic carbocycles. The first-order chi connectivity index (χ1) is 11.5. The van der Waals surface area contributed by atoms with Gasteiger partial charge in [-0.15, -0.1) is 0 Å². The van der Waals surface area contributed by atoms with Crippen LogP contribution in [-0.4, -0.2) is 48.0 Å². The minimum Gasteiger partial charge on any atom is -0.485 e. The molecule has 4 rings (SSSR count). The molecule has 1 saturated heterocycles. The number of ether oxygens (including phenoxy) is 1. The number of hydrogen-bond acceptors (Lipinski definition) is 3. The second-order valence-corrected chi connectivity index (χ2v) is 8.21. The first-order valence-corrected chi connectivity index (χ1v) is 9.22. The summed E-state index contributed by atoms with van der Waals surface area (Å²) in [4.78, 5) is 17.4. The molecule has 0 unspecified atom stereocenters. The zero-order valence-corrected chi connectivity index (χ0v) is 15.0. The van der Waals surface area contributed by atoms with Crippen LogP contribution in [0.5, 0.6) is 5.75 Å². The lowest BCUT2D eigenvalue weighted by Gasteiger charge is -2.41. The Bertz CT molecular complexity index is 649. The Balaban J connectivity index is 1.66. The van der Waals surface area contributed by atoms with Crippen LogP contribution in [-0.2, 0) is 11.3 Å². The van der Waals surface area contributed by atoms with Crippen molar-refractivity contribution in [1.82, 2.24) is 9.80 Å². The van der Waals surface area contributed by atoms with Crippen molar-refractivity contribution in [3.8, 4) is 5.75 Å². The second-order valence-electron chi connectivity index (χ2n) is 8.21. The van der Waals surface area contributed by atoms with Crippen molar-refractivity contribution in [2.45, 2.75) is 45.3 Å². The summed E-state index contributed by atoms with van der Waals surface area (Å²) in [6, 6.07) is 6.39. The number of carbonyl (C=O) groups is 1. The molecule has 0 N–H and O–H groups in total. The number of likely N-dealkylation sites (tertiary alicyclic amines) is 1. The van der Waals surface area contributed by atoms with Crippen molar-refractivity contribution < 1.29 is 9.53 Å². The van der Waals surface area contributed by atoms with Crippen molar-refractivity contribution in [2.24, 2.45) is 11.8 Å². The van der Waals surface area contributed by atoms with Crippen molar-refractivity contribution in [3.63, 3.8) is 0 Å². The van der Waals surface area contributed by atoms with Crippen LogP contribution in [0.3, 0.4) is 0 Å². The highest BCUT2D eigenvalue weighted by molar-refractivity contribution is 5.82. The maximum Gasteiger partial charge on any atom is 0.226 e. The van der Waals surface area contributed by atoms with Crippen LogP contribution >= 0.6 is 0 Å². The average molecular weight is 328 g/mol. The Morgan fingerprint density at radius 3 is 2.67 bits per heavy atom. The molecule has 1 spiro atoms. The number of hydrogen-bond donors (Lipinski definition) is 0. The molecular formula is C20H28N2O2. The fraction of sp³-hybridized carbons (Fsp3) is 0.650. The molecule has 3 aliphatic rings. The molecule has 1 saturated carbocycles. The summed E-state index contributed by atoms with van der Waals surface area (Å²) in [5.74, 6) is 2.09. The van der Waals surface area contributed by atoms with Crippen molar-refractivity contribution in [3.05, 3.63) is 29.3 Å². The van der Waals surface area contributed by atoms with E-state index in [4.69, 9.17) is 4.74 Å². The Kier molecular flexibility index (Phi) is 3.83. The summed E-state index contributed by atoms with van der Waals surface area (Å²) in [5, 5.41) is 0. The fourth-order valence-corrected chi connectivity index (χ4v) is 4.15. The Hall–Kier alpha value is -1.55. The van der Waals surface area contributed by atoms with Gasteiger partial charge in [0.05, 0.1) is 6.54 Å². The molecule has 1 aromatic rings.